The molecule has 0 saturated carbocycles. The summed E-state index contributed by atoms with van der Waals surface area (Å²) in [5.74, 6) is 1.30. The summed E-state index contributed by atoms with van der Waals surface area (Å²) in [5.41, 5.74) is 1.32. The number of aromatic hydroxyl groups is 1. The van der Waals surface area contributed by atoms with Gasteiger partial charge in [-0.2, -0.15) is 0 Å². The van der Waals surface area contributed by atoms with Crippen molar-refractivity contribution in [3.63, 3.8) is 0 Å². The number of nitrogens with zero attached hydrogens (tertiary/aromatic N) is 3. The van der Waals surface area contributed by atoms with Crippen LogP contribution in [0.3, 0.4) is 0 Å². The number of carbonyl (C=O) groups is 1. The molecule has 3 heterocycles. The van der Waals surface area contributed by atoms with Crippen LogP contribution in [0.15, 0.2) is 64.8 Å². The normalized spacial score (nSPS) is 19.3. The number of piperidine rings is 1. The van der Waals surface area contributed by atoms with Crippen molar-refractivity contribution in [2.75, 3.05) is 31.2 Å². The smallest absolute Gasteiger partial charge is 0.171 e. The minimum atomic E-state index is -0.182. The highest BCUT2D eigenvalue weighted by Crippen LogP contribution is 2.44. The number of phenols is 1. The number of ketones is 1. The van der Waals surface area contributed by atoms with Gasteiger partial charge in [-0.25, -0.2) is 9.97 Å². The van der Waals surface area contributed by atoms with Crippen LogP contribution in [0.25, 0.3) is 0 Å². The molecule has 6 nitrogen and oxygen atoms in total. The standard InChI is InChI=1S/C27H28ClN3O3S/c1-18-16-34-17-27(18)9-11-31(12-10-27)24-14-30-25(15-29-24)35-23-8-4-5-19(26(23)28)13-22(33)20-6-2-3-7-21(20)32/h2-8,14-15,18,32H,9-13,16-17H2,1H3/t18-/m1/s1. The lowest BCUT2D eigenvalue weighted by Crippen LogP contribution is -2.43. The molecule has 0 radical (unpaired) electrons. The lowest BCUT2D eigenvalue weighted by atomic mass is 9.72. The lowest BCUT2D eigenvalue weighted by molar-refractivity contribution is 0.0990. The Hall–Kier alpha value is -2.61. The van der Waals surface area contributed by atoms with Gasteiger partial charge in [0.05, 0.1) is 29.6 Å². The number of rotatable bonds is 6. The Balaban J connectivity index is 1.24. The highest BCUT2D eigenvalue weighted by Gasteiger charge is 2.43. The number of anilines is 1. The second-order valence-electron chi connectivity index (χ2n) is 9.43. The molecule has 2 aliphatic rings. The predicted molar refractivity (Wildman–Crippen MR) is 138 cm³/mol. The number of halogens is 1. The first-order chi connectivity index (χ1) is 16.9. The summed E-state index contributed by atoms with van der Waals surface area (Å²) in [6.45, 7) is 5.98. The number of aromatic nitrogens is 2. The largest absolute Gasteiger partial charge is 0.507 e. The van der Waals surface area contributed by atoms with Crippen molar-refractivity contribution in [3.05, 3.63) is 71.0 Å². The van der Waals surface area contributed by atoms with Crippen LogP contribution in [0.2, 0.25) is 5.02 Å². The molecule has 2 fully saturated rings. The van der Waals surface area contributed by atoms with E-state index in [0.29, 0.717) is 27.5 Å². The van der Waals surface area contributed by atoms with Gasteiger partial charge in [-0.1, -0.05) is 54.6 Å². The average molecular weight is 510 g/mol. The number of Topliss-reactive ketones (excluding diaryl/α,β-unsaturated/α-hetero) is 1. The van der Waals surface area contributed by atoms with Gasteiger partial charge < -0.3 is 14.7 Å². The van der Waals surface area contributed by atoms with Crippen molar-refractivity contribution >= 4 is 35.0 Å². The SMILES string of the molecule is C[C@@H]1COCC12CCN(c1cnc(Sc3cccc(CC(=O)c4ccccc4O)c3Cl)cn1)CC2. The van der Waals surface area contributed by atoms with E-state index in [2.05, 4.69) is 21.8 Å². The molecule has 1 spiro atoms. The molecule has 2 aliphatic heterocycles. The zero-order valence-corrected chi connectivity index (χ0v) is 21.2. The van der Waals surface area contributed by atoms with E-state index < -0.39 is 0 Å². The third-order valence-electron chi connectivity index (χ3n) is 7.31. The third-order valence-corrected chi connectivity index (χ3v) is 8.85. The van der Waals surface area contributed by atoms with Crippen molar-refractivity contribution in [1.29, 1.82) is 0 Å². The van der Waals surface area contributed by atoms with Crippen molar-refractivity contribution in [3.8, 4) is 5.75 Å². The second-order valence-corrected chi connectivity index (χ2v) is 10.9. The lowest BCUT2D eigenvalue weighted by Gasteiger charge is -2.41. The molecule has 1 N–H and O–H groups in total. The van der Waals surface area contributed by atoms with Crippen molar-refractivity contribution < 1.29 is 14.6 Å². The van der Waals surface area contributed by atoms with Gasteiger partial charge in [0.2, 0.25) is 0 Å². The fraction of sp³-hybridized carbons (Fsp3) is 0.370. The van der Waals surface area contributed by atoms with E-state index in [1.165, 1.54) is 17.8 Å². The predicted octanol–water partition coefficient (Wildman–Crippen LogP) is 5.67. The third kappa shape index (κ3) is 5.03. The van der Waals surface area contributed by atoms with Gasteiger partial charge in [-0.15, -0.1) is 0 Å². The van der Waals surface area contributed by atoms with Crippen molar-refractivity contribution in [1.82, 2.24) is 9.97 Å². The number of phenolic OH excluding ortho intramolecular Hbond substituents is 1. The van der Waals surface area contributed by atoms with Gasteiger partial charge in [-0.3, -0.25) is 4.79 Å². The van der Waals surface area contributed by atoms with E-state index in [9.17, 15) is 9.90 Å². The van der Waals surface area contributed by atoms with Crippen LogP contribution >= 0.6 is 23.4 Å². The molecule has 0 bridgehead atoms. The Labute approximate surface area is 214 Å². The number of hydrogen-bond acceptors (Lipinski definition) is 7. The molecule has 35 heavy (non-hydrogen) atoms. The second kappa shape index (κ2) is 10.2. The van der Waals surface area contributed by atoms with Gasteiger partial charge in [0.25, 0.3) is 0 Å². The van der Waals surface area contributed by atoms with E-state index in [1.54, 1.807) is 24.4 Å². The first-order valence-corrected chi connectivity index (χ1v) is 13.1. The zero-order valence-electron chi connectivity index (χ0n) is 19.6. The molecule has 0 aliphatic carbocycles. The Morgan fingerprint density at radius 3 is 2.66 bits per heavy atom. The molecule has 1 aromatic heterocycles. The van der Waals surface area contributed by atoms with Crippen LogP contribution in [0, 0.1) is 11.3 Å². The summed E-state index contributed by atoms with van der Waals surface area (Å²) in [4.78, 5) is 25.1. The minimum Gasteiger partial charge on any atom is -0.507 e. The summed E-state index contributed by atoms with van der Waals surface area (Å²) in [6, 6.07) is 12.2. The Kier molecular flexibility index (Phi) is 7.00. The first-order valence-electron chi connectivity index (χ1n) is 11.9. The van der Waals surface area contributed by atoms with Crippen molar-refractivity contribution in [2.24, 2.45) is 11.3 Å². The first kappa shape index (κ1) is 24.1. The molecular formula is C27H28ClN3O3S. The van der Waals surface area contributed by atoms with Crippen LogP contribution < -0.4 is 4.90 Å². The molecule has 5 rings (SSSR count). The van der Waals surface area contributed by atoms with E-state index in [4.69, 9.17) is 16.3 Å². The van der Waals surface area contributed by atoms with Crippen LogP contribution in [0.1, 0.15) is 35.7 Å². The Morgan fingerprint density at radius 2 is 1.97 bits per heavy atom. The Bertz CT molecular complexity index is 1210. The molecule has 0 amide bonds. The maximum atomic E-state index is 12.7. The average Bonchev–Trinajstić information content (AvgIpc) is 3.22. The number of hydrogen-bond donors (Lipinski definition) is 1. The monoisotopic (exact) mass is 509 g/mol. The van der Waals surface area contributed by atoms with Crippen LogP contribution in [-0.2, 0) is 11.2 Å². The quantitative estimate of drug-likeness (QED) is 0.429. The topological polar surface area (TPSA) is 75.5 Å². The summed E-state index contributed by atoms with van der Waals surface area (Å²) in [6.07, 6.45) is 5.95. The van der Waals surface area contributed by atoms with Crippen LogP contribution in [-0.4, -0.2) is 47.2 Å². The molecule has 2 aromatic carbocycles. The summed E-state index contributed by atoms with van der Waals surface area (Å²) in [7, 11) is 0. The summed E-state index contributed by atoms with van der Waals surface area (Å²) >= 11 is 8.08. The number of carbonyl (C=O) groups excluding carboxylic acids is 1. The summed E-state index contributed by atoms with van der Waals surface area (Å²) < 4.78 is 5.74. The maximum absolute atomic E-state index is 12.7. The highest BCUT2D eigenvalue weighted by molar-refractivity contribution is 7.99. The van der Waals surface area contributed by atoms with Crippen molar-refractivity contribution in [2.45, 2.75) is 36.1 Å². The number of para-hydroxylation sites is 1. The van der Waals surface area contributed by atoms with E-state index in [0.717, 1.165) is 54.9 Å². The van der Waals surface area contributed by atoms with Gasteiger partial charge in [0.1, 0.15) is 16.6 Å². The fourth-order valence-electron chi connectivity index (χ4n) is 4.96. The molecule has 8 heteroatoms. The van der Waals surface area contributed by atoms with Gasteiger partial charge in [0, 0.05) is 36.4 Å². The van der Waals surface area contributed by atoms with E-state index in [-0.39, 0.29) is 18.0 Å². The van der Waals surface area contributed by atoms with Gasteiger partial charge >= 0.3 is 0 Å². The molecule has 3 aromatic rings. The fourth-order valence-corrected chi connectivity index (χ4v) is 6.08. The maximum Gasteiger partial charge on any atom is 0.171 e. The van der Waals surface area contributed by atoms with Gasteiger partial charge in [-0.05, 0) is 42.5 Å². The molecule has 0 unspecified atom stereocenters. The molecule has 182 valence electrons. The molecule has 2 saturated heterocycles. The van der Waals surface area contributed by atoms with Crippen LogP contribution in [0.5, 0.6) is 5.75 Å². The minimum absolute atomic E-state index is 0.0236. The van der Waals surface area contributed by atoms with Gasteiger partial charge in [0.15, 0.2) is 5.78 Å². The molecule has 1 atom stereocenters. The Morgan fingerprint density at radius 1 is 1.17 bits per heavy atom. The highest BCUT2D eigenvalue weighted by atomic mass is 35.5. The number of benzene rings is 2. The van der Waals surface area contributed by atoms with E-state index >= 15 is 0 Å². The molecular weight excluding hydrogens is 482 g/mol. The van der Waals surface area contributed by atoms with Crippen LogP contribution in [0.4, 0.5) is 5.82 Å². The zero-order chi connectivity index (χ0) is 24.4. The van der Waals surface area contributed by atoms with E-state index in [1.807, 2.05) is 24.4 Å². The number of ether oxygens (including phenoxy) is 1. The summed E-state index contributed by atoms with van der Waals surface area (Å²) in [5, 5.41) is 11.2.